The molecule has 0 amide bonds. The van der Waals surface area contributed by atoms with E-state index in [-0.39, 0.29) is 40.0 Å². The van der Waals surface area contributed by atoms with Gasteiger partial charge in [0.15, 0.2) is 0 Å². The van der Waals surface area contributed by atoms with Crippen LogP contribution in [0.5, 0.6) is 34.5 Å². The van der Waals surface area contributed by atoms with Crippen LogP contribution in [0.25, 0.3) is 44.0 Å². The summed E-state index contributed by atoms with van der Waals surface area (Å²) in [5.74, 6) is -81.2. The molecule has 0 aliphatic rings. The van der Waals surface area contributed by atoms with Crippen molar-refractivity contribution < 1.29 is 119 Å². The maximum atomic E-state index is 16.5. The molecule has 30 heteroatoms. The minimum atomic E-state index is -4.71. The molecule has 10 rings (SSSR count). The molecule has 426 valence electrons. The first-order valence-corrected chi connectivity index (χ1v) is 25.0. The van der Waals surface area contributed by atoms with E-state index in [4.69, 9.17) is 26.1 Å². The van der Waals surface area contributed by atoms with E-state index in [1.165, 1.54) is 36.4 Å². The molecule has 0 aliphatic carbocycles. The zero-order chi connectivity index (χ0) is 60.1. The minimum absolute atomic E-state index is 0.0187. The van der Waals surface area contributed by atoms with Gasteiger partial charge < -0.3 is 0 Å². The van der Waals surface area contributed by atoms with Crippen molar-refractivity contribution in [2.45, 2.75) is 0 Å². The summed E-state index contributed by atoms with van der Waals surface area (Å²) in [6, 6.07) is 13.7. The summed E-state index contributed by atoms with van der Waals surface area (Å²) in [7, 11) is 0. The van der Waals surface area contributed by atoms with Crippen molar-refractivity contribution >= 4 is 59.1 Å². The van der Waals surface area contributed by atoms with Gasteiger partial charge in [0.05, 0.1) is 0 Å². The molecule has 0 bridgehead atoms. The van der Waals surface area contributed by atoms with Crippen LogP contribution in [0.1, 0.15) is 10.4 Å². The molecule has 0 saturated carbocycles. The van der Waals surface area contributed by atoms with Crippen molar-refractivity contribution in [2.75, 3.05) is 0 Å². The van der Waals surface area contributed by atoms with Crippen LogP contribution in [0.3, 0.4) is 0 Å². The Morgan fingerprint density at radius 1 is 0.361 bits per heavy atom. The Balaban J connectivity index is 1.36. The average Bonchev–Trinajstić information content (AvgIpc) is 3.44. The van der Waals surface area contributed by atoms with Crippen molar-refractivity contribution in [1.82, 2.24) is 0 Å². The summed E-state index contributed by atoms with van der Waals surface area (Å²) >= 11 is -4.71. The van der Waals surface area contributed by atoms with Crippen LogP contribution in [0.2, 0.25) is 0 Å². The van der Waals surface area contributed by atoms with Crippen LogP contribution < -0.4 is 25.3 Å². The van der Waals surface area contributed by atoms with Gasteiger partial charge in [-0.2, -0.15) is 0 Å². The van der Waals surface area contributed by atoms with Crippen LogP contribution in [-0.4, -0.2) is 5.97 Å². The second-order valence-electron chi connectivity index (χ2n) is 16.5. The van der Waals surface area contributed by atoms with E-state index in [2.05, 4.69) is 0 Å². The second-order valence-corrected chi connectivity index (χ2v) is 20.9. The van der Waals surface area contributed by atoms with Crippen LogP contribution in [0.4, 0.5) is 87.8 Å². The molecule has 0 saturated heterocycles. The number of carbonyl (C=O) groups is 1. The van der Waals surface area contributed by atoms with Gasteiger partial charge in [-0.1, -0.05) is 0 Å². The van der Waals surface area contributed by atoms with Crippen LogP contribution in [0, 0.1) is 123 Å². The maximum absolute atomic E-state index is 16.5. The fourth-order valence-corrected chi connectivity index (χ4v) is 11.8. The third-order valence-electron chi connectivity index (χ3n) is 11.7. The first-order valence-electron chi connectivity index (χ1n) is 22.0. The quantitative estimate of drug-likeness (QED) is 0.0312. The number of ether oxygens (including phenoxy) is 3. The summed E-state index contributed by atoms with van der Waals surface area (Å²) < 4.78 is 336. The number of hydrogen-bond acceptors (Lipinski definition) is 9. The molecule has 9 nitrogen and oxygen atoms in total. The molecule has 0 N–H and O–H groups in total. The Morgan fingerprint density at radius 2 is 0.783 bits per heavy atom. The van der Waals surface area contributed by atoms with Crippen molar-refractivity contribution in [1.29, 1.82) is 0 Å². The van der Waals surface area contributed by atoms with Crippen molar-refractivity contribution in [2.24, 2.45) is 0 Å². The van der Waals surface area contributed by atoms with Gasteiger partial charge >= 0.3 is 452 Å². The van der Waals surface area contributed by atoms with Gasteiger partial charge in [0.2, 0.25) is 0 Å². The van der Waals surface area contributed by atoms with E-state index in [1.54, 1.807) is 0 Å². The molecule has 0 spiro atoms. The van der Waals surface area contributed by atoms with Gasteiger partial charge in [-0.05, 0) is 0 Å². The summed E-state index contributed by atoms with van der Waals surface area (Å²) in [4.78, 5) is 41.5. The van der Waals surface area contributed by atoms with Gasteiger partial charge in [-0.25, -0.2) is 0 Å². The Bertz CT molecular complexity index is 4510. The molecule has 8 aromatic carbocycles. The van der Waals surface area contributed by atoms with Crippen LogP contribution in [0.15, 0.2) is 97.3 Å². The van der Waals surface area contributed by atoms with Gasteiger partial charge in [0.25, 0.3) is 0 Å². The number of carbonyl (C=O) groups excluding carboxylic acids is 1. The fourth-order valence-electron chi connectivity index (χ4n) is 7.81. The molecular weight excluding hydrogens is 1290 g/mol. The van der Waals surface area contributed by atoms with Gasteiger partial charge in [0, 0.05) is 0 Å². The molecular formula is C53H13F20IO9. The van der Waals surface area contributed by atoms with Crippen molar-refractivity contribution in [3.8, 4) is 45.6 Å². The molecule has 2 heterocycles. The monoisotopic (exact) mass is 1300 g/mol. The Kier molecular flexibility index (Phi) is 14.5. The molecule has 0 fully saturated rings. The third kappa shape index (κ3) is 9.37. The predicted octanol–water partition coefficient (Wildman–Crippen LogP) is 16.2. The molecule has 0 aliphatic heterocycles. The van der Waals surface area contributed by atoms with Gasteiger partial charge in [0.1, 0.15) is 0 Å². The standard InChI is InChI=1S/C53H13F20IO9/c54-27-26(28(55)30(57)31(58)29(27)56)25-19(53(77)83-74(16-7-5-14-6-10-24(75)79-22(14)12-16)15-8-9-21-18(11-15)47(76)17-3-1-2-4-20(17)78-21)13-23(80-50-41(68)35(62)32(59)36(63)42(50)69)48(81-51-43(70)37(64)33(60)38(65)44(51)71)49(25)82-52-45(72)39(66)34(61)40(67)46(52)73/h1-13H. The Hall–Kier alpha value is -9.36. The van der Waals surface area contributed by atoms with Gasteiger partial charge in [-0.15, -0.1) is 0 Å². The zero-order valence-electron chi connectivity index (χ0n) is 39.1. The predicted molar refractivity (Wildman–Crippen MR) is 250 cm³/mol. The number of rotatable bonds is 11. The van der Waals surface area contributed by atoms with E-state index in [9.17, 15) is 53.5 Å². The average molecular weight is 1300 g/mol. The number of hydrogen-bond donors (Lipinski definition) is 0. The summed E-state index contributed by atoms with van der Waals surface area (Å²) in [6.45, 7) is 0. The molecule has 0 radical (unpaired) electrons. The van der Waals surface area contributed by atoms with Crippen LogP contribution in [-0.2, 0) is 3.07 Å². The third-order valence-corrected chi connectivity index (χ3v) is 16.1. The topological polar surface area (TPSA) is 114 Å². The first-order chi connectivity index (χ1) is 39.2. The van der Waals surface area contributed by atoms with Crippen molar-refractivity contribution in [3.05, 3.63) is 229 Å². The summed E-state index contributed by atoms with van der Waals surface area (Å²) in [5, 5.41) is -0.296. The van der Waals surface area contributed by atoms with Crippen LogP contribution >= 0.6 is 20.2 Å². The Morgan fingerprint density at radius 3 is 1.31 bits per heavy atom. The van der Waals surface area contributed by atoms with E-state index < -0.39 is 211 Å². The summed E-state index contributed by atoms with van der Waals surface area (Å²) in [6.07, 6.45) is 0. The zero-order valence-corrected chi connectivity index (χ0v) is 41.3. The molecule has 2 aromatic heterocycles. The number of halogens is 21. The first kappa shape index (κ1) is 56.9. The molecule has 10 aromatic rings. The normalized spacial score (nSPS) is 11.7. The van der Waals surface area contributed by atoms with E-state index in [1.807, 2.05) is 0 Å². The van der Waals surface area contributed by atoms with Crippen molar-refractivity contribution in [3.63, 3.8) is 0 Å². The number of para-hydroxylation sites is 1. The SMILES string of the molecule is O=C(OI(c1ccc2ccc(=O)oc2c1)c1ccc2oc3ccccc3c(=O)c2c1)c1cc(Oc2c(F)c(F)c(F)c(F)c2F)c(Oc2c(F)c(F)c(F)c(F)c2F)c(Oc2c(F)c(F)c(F)c(F)c2F)c1-c1c(F)c(F)c(F)c(F)c1F. The number of fused-ring (bicyclic) bond motifs is 3. The van der Waals surface area contributed by atoms with E-state index in [0.29, 0.717) is 0 Å². The Labute approximate surface area is 450 Å². The second kappa shape index (κ2) is 21.2. The fraction of sp³-hybridized carbons (Fsp3) is 0. The number of benzene rings is 8. The van der Waals surface area contributed by atoms with Gasteiger partial charge in [-0.3, -0.25) is 0 Å². The van der Waals surface area contributed by atoms with E-state index >= 15 is 48.7 Å². The molecule has 83 heavy (non-hydrogen) atoms. The molecule has 0 atom stereocenters. The molecule has 0 unspecified atom stereocenters. The summed E-state index contributed by atoms with van der Waals surface area (Å²) in [5.41, 5.74) is -9.74. The van der Waals surface area contributed by atoms with E-state index in [0.717, 1.165) is 36.4 Å².